The number of benzene rings is 2. The summed E-state index contributed by atoms with van der Waals surface area (Å²) in [5.74, 6) is -4.34. The van der Waals surface area contributed by atoms with Gasteiger partial charge in [-0.1, -0.05) is 49.4 Å². The van der Waals surface area contributed by atoms with E-state index in [1.165, 1.54) is 26.0 Å². The van der Waals surface area contributed by atoms with Crippen molar-refractivity contribution in [2.24, 2.45) is 5.92 Å². The van der Waals surface area contributed by atoms with E-state index in [9.17, 15) is 24.2 Å². The molecule has 0 unspecified atom stereocenters. The van der Waals surface area contributed by atoms with Crippen LogP contribution >= 0.6 is 0 Å². The molecule has 2 atom stereocenters. The largest absolute Gasteiger partial charge is 0.481 e. The van der Waals surface area contributed by atoms with Crippen molar-refractivity contribution in [1.29, 1.82) is 0 Å². The summed E-state index contributed by atoms with van der Waals surface area (Å²) in [6.45, 7) is 2.60. The van der Waals surface area contributed by atoms with Crippen molar-refractivity contribution >= 4 is 11.9 Å². The highest BCUT2D eigenvalue weighted by atomic mass is 19.1. The van der Waals surface area contributed by atoms with Crippen LogP contribution in [0.2, 0.25) is 0 Å². The molecule has 0 fully saturated rings. The van der Waals surface area contributed by atoms with Crippen LogP contribution in [0.3, 0.4) is 0 Å². The summed E-state index contributed by atoms with van der Waals surface area (Å²) in [4.78, 5) is 22.9. The van der Waals surface area contributed by atoms with Gasteiger partial charge < -0.3 is 10.2 Å². The van der Waals surface area contributed by atoms with E-state index in [0.717, 1.165) is 6.07 Å². The molecule has 0 aliphatic heterocycles. The molecule has 0 amide bonds. The highest BCUT2D eigenvalue weighted by molar-refractivity contribution is 5.88. The van der Waals surface area contributed by atoms with Gasteiger partial charge in [0.25, 0.3) is 0 Å². The molecule has 0 radical (unpaired) electrons. The zero-order valence-corrected chi connectivity index (χ0v) is 12.8. The molecule has 120 valence electrons. The van der Waals surface area contributed by atoms with Gasteiger partial charge in [0.2, 0.25) is 0 Å². The van der Waals surface area contributed by atoms with Crippen molar-refractivity contribution in [1.82, 2.24) is 0 Å². The molecular weight excluding hydrogens is 299 g/mol. The minimum atomic E-state index is -1.72. The number of hydrogen-bond donors (Lipinski definition) is 2. The summed E-state index contributed by atoms with van der Waals surface area (Å²) < 4.78 is 14.5. The first-order chi connectivity index (χ1) is 10.8. The SMILES string of the molecule is C[C@@H](C(=O)O)[C@@](C)(C(=O)O)c1ccc(-c2ccccc2)c(F)c1. The Hall–Kier alpha value is -2.69. The van der Waals surface area contributed by atoms with E-state index >= 15 is 0 Å². The summed E-state index contributed by atoms with van der Waals surface area (Å²) in [5, 5.41) is 18.7. The second-order valence-electron chi connectivity index (χ2n) is 5.63. The third-order valence-corrected chi connectivity index (χ3v) is 4.33. The fourth-order valence-corrected chi connectivity index (χ4v) is 2.50. The van der Waals surface area contributed by atoms with E-state index in [2.05, 4.69) is 0 Å². The standard InChI is InChI=1S/C18H17FO4/c1-11(16(20)21)18(2,17(22)23)13-8-9-14(15(19)10-13)12-6-4-3-5-7-12/h3-11H,1-2H3,(H,20,21)(H,22,23)/t11-,18+/m0/s1. The number of hydrogen-bond acceptors (Lipinski definition) is 2. The van der Waals surface area contributed by atoms with Gasteiger partial charge in [-0.3, -0.25) is 9.59 Å². The zero-order chi connectivity index (χ0) is 17.2. The topological polar surface area (TPSA) is 74.6 Å². The fraction of sp³-hybridized carbons (Fsp3) is 0.222. The molecule has 2 rings (SSSR count). The highest BCUT2D eigenvalue weighted by Gasteiger charge is 2.44. The number of carbonyl (C=O) groups is 2. The van der Waals surface area contributed by atoms with E-state index < -0.39 is 29.1 Å². The van der Waals surface area contributed by atoms with Crippen LogP contribution in [0.15, 0.2) is 48.5 Å². The third kappa shape index (κ3) is 2.95. The monoisotopic (exact) mass is 316 g/mol. The van der Waals surface area contributed by atoms with Gasteiger partial charge in [0.05, 0.1) is 5.92 Å². The summed E-state index contributed by atoms with van der Waals surface area (Å²) in [7, 11) is 0. The molecular formula is C18H17FO4. The first-order valence-electron chi connectivity index (χ1n) is 7.10. The van der Waals surface area contributed by atoms with Crippen molar-refractivity contribution in [3.63, 3.8) is 0 Å². The number of halogens is 1. The Kier molecular flexibility index (Phi) is 4.50. The zero-order valence-electron chi connectivity index (χ0n) is 12.8. The second kappa shape index (κ2) is 6.20. The van der Waals surface area contributed by atoms with Crippen LogP contribution in [0.25, 0.3) is 11.1 Å². The van der Waals surface area contributed by atoms with Crippen molar-refractivity contribution in [3.8, 4) is 11.1 Å². The van der Waals surface area contributed by atoms with Crippen LogP contribution < -0.4 is 0 Å². The summed E-state index contributed by atoms with van der Waals surface area (Å²) >= 11 is 0. The van der Waals surface area contributed by atoms with Gasteiger partial charge >= 0.3 is 11.9 Å². The lowest BCUT2D eigenvalue weighted by molar-refractivity contribution is -0.154. The first-order valence-corrected chi connectivity index (χ1v) is 7.10. The second-order valence-corrected chi connectivity index (χ2v) is 5.63. The highest BCUT2D eigenvalue weighted by Crippen LogP contribution is 2.35. The molecule has 23 heavy (non-hydrogen) atoms. The smallest absolute Gasteiger partial charge is 0.314 e. The number of aliphatic carboxylic acids is 2. The molecule has 2 N–H and O–H groups in total. The summed E-state index contributed by atoms with van der Waals surface area (Å²) in [6, 6.07) is 12.9. The van der Waals surface area contributed by atoms with Crippen molar-refractivity contribution in [3.05, 3.63) is 59.9 Å². The van der Waals surface area contributed by atoms with E-state index in [1.807, 2.05) is 6.07 Å². The van der Waals surface area contributed by atoms with Crippen LogP contribution in [0, 0.1) is 11.7 Å². The van der Waals surface area contributed by atoms with E-state index in [0.29, 0.717) is 11.1 Å². The molecule has 0 saturated heterocycles. The van der Waals surface area contributed by atoms with E-state index in [4.69, 9.17) is 0 Å². The maximum absolute atomic E-state index is 14.5. The Morgan fingerprint density at radius 3 is 2.17 bits per heavy atom. The Labute approximate surface area is 133 Å². The van der Waals surface area contributed by atoms with Gasteiger partial charge in [-0.15, -0.1) is 0 Å². The fourth-order valence-electron chi connectivity index (χ4n) is 2.50. The molecule has 2 aromatic carbocycles. The maximum atomic E-state index is 14.5. The first kappa shape index (κ1) is 16.7. The van der Waals surface area contributed by atoms with Crippen LogP contribution in [-0.2, 0) is 15.0 Å². The van der Waals surface area contributed by atoms with E-state index in [1.54, 1.807) is 24.3 Å². The molecule has 2 aromatic rings. The average molecular weight is 316 g/mol. The predicted octanol–water partition coefficient (Wildman–Crippen LogP) is 3.56. The van der Waals surface area contributed by atoms with Crippen molar-refractivity contribution < 1.29 is 24.2 Å². The van der Waals surface area contributed by atoms with Crippen LogP contribution in [0.5, 0.6) is 0 Å². The molecule has 0 heterocycles. The van der Waals surface area contributed by atoms with Gasteiger partial charge in [0.1, 0.15) is 11.2 Å². The number of carboxylic acids is 2. The minimum absolute atomic E-state index is 0.122. The normalized spacial score (nSPS) is 14.7. The molecule has 5 heteroatoms. The summed E-state index contributed by atoms with van der Waals surface area (Å²) in [6.07, 6.45) is 0. The third-order valence-electron chi connectivity index (χ3n) is 4.33. The molecule has 0 aliphatic rings. The van der Waals surface area contributed by atoms with E-state index in [-0.39, 0.29) is 5.56 Å². The predicted molar refractivity (Wildman–Crippen MR) is 83.6 cm³/mol. The lowest BCUT2D eigenvalue weighted by Gasteiger charge is -2.29. The van der Waals surface area contributed by atoms with Gasteiger partial charge in [0.15, 0.2) is 0 Å². The number of carboxylic acid groups (broad SMARTS) is 2. The van der Waals surface area contributed by atoms with Crippen LogP contribution in [-0.4, -0.2) is 22.2 Å². The Balaban J connectivity index is 2.54. The molecule has 4 nitrogen and oxygen atoms in total. The van der Waals surface area contributed by atoms with Gasteiger partial charge in [-0.05, 0) is 24.1 Å². The Morgan fingerprint density at radius 2 is 1.70 bits per heavy atom. The quantitative estimate of drug-likeness (QED) is 0.884. The van der Waals surface area contributed by atoms with Gasteiger partial charge in [-0.25, -0.2) is 4.39 Å². The van der Waals surface area contributed by atoms with Crippen molar-refractivity contribution in [2.75, 3.05) is 0 Å². The molecule has 0 spiro atoms. The Morgan fingerprint density at radius 1 is 1.09 bits per heavy atom. The van der Waals surface area contributed by atoms with Crippen molar-refractivity contribution in [2.45, 2.75) is 19.3 Å². The molecule has 0 aliphatic carbocycles. The van der Waals surface area contributed by atoms with Gasteiger partial charge in [-0.2, -0.15) is 0 Å². The molecule has 0 aromatic heterocycles. The molecule has 0 saturated carbocycles. The van der Waals surface area contributed by atoms with Gasteiger partial charge in [0, 0.05) is 5.56 Å². The minimum Gasteiger partial charge on any atom is -0.481 e. The maximum Gasteiger partial charge on any atom is 0.314 e. The Bertz CT molecular complexity index is 742. The summed E-state index contributed by atoms with van der Waals surface area (Å²) in [5.41, 5.74) is -0.593. The lowest BCUT2D eigenvalue weighted by atomic mass is 9.72. The van der Waals surface area contributed by atoms with Crippen LogP contribution in [0.4, 0.5) is 4.39 Å². The number of rotatable bonds is 5. The van der Waals surface area contributed by atoms with Crippen LogP contribution in [0.1, 0.15) is 19.4 Å². The molecule has 0 bridgehead atoms. The lowest BCUT2D eigenvalue weighted by Crippen LogP contribution is -2.42. The average Bonchev–Trinajstić information content (AvgIpc) is 2.53.